The highest BCUT2D eigenvalue weighted by atomic mass is 16.4. The maximum Gasteiger partial charge on any atom is 0.303 e. The molecule has 1 fully saturated rings. The summed E-state index contributed by atoms with van der Waals surface area (Å²) in [4.78, 5) is 24.4. The number of benzene rings is 1. The molecule has 1 saturated carbocycles. The van der Waals surface area contributed by atoms with Gasteiger partial charge >= 0.3 is 5.97 Å². The van der Waals surface area contributed by atoms with Crippen LogP contribution < -0.4 is 0 Å². The lowest BCUT2D eigenvalue weighted by Gasteiger charge is -2.17. The van der Waals surface area contributed by atoms with E-state index in [1.165, 1.54) is 11.1 Å². The van der Waals surface area contributed by atoms with Gasteiger partial charge < -0.3 is 10.0 Å². The summed E-state index contributed by atoms with van der Waals surface area (Å²) in [6, 6.07) is 8.19. The molecule has 1 amide bonds. The molecule has 0 unspecified atom stereocenters. The summed E-state index contributed by atoms with van der Waals surface area (Å²) >= 11 is 0. The molecule has 0 heterocycles. The van der Waals surface area contributed by atoms with Crippen LogP contribution >= 0.6 is 0 Å². The summed E-state index contributed by atoms with van der Waals surface area (Å²) < 4.78 is 0. The molecular formula is C16H21NO3. The van der Waals surface area contributed by atoms with Crippen LogP contribution in [0.3, 0.4) is 0 Å². The van der Waals surface area contributed by atoms with E-state index in [0.29, 0.717) is 18.9 Å². The monoisotopic (exact) mass is 275 g/mol. The fourth-order valence-corrected chi connectivity index (χ4v) is 2.68. The number of carboxylic acid groups (broad SMARTS) is 1. The second-order valence-corrected chi connectivity index (χ2v) is 5.56. The Kier molecular flexibility index (Phi) is 4.42. The van der Waals surface area contributed by atoms with Crippen molar-refractivity contribution in [3.8, 4) is 0 Å². The van der Waals surface area contributed by atoms with Crippen LogP contribution in [0, 0.1) is 12.8 Å². The molecular weight excluding hydrogens is 254 g/mol. The predicted molar refractivity (Wildman–Crippen MR) is 76.5 cm³/mol. The van der Waals surface area contributed by atoms with Crippen molar-refractivity contribution in [1.29, 1.82) is 0 Å². The van der Waals surface area contributed by atoms with Gasteiger partial charge in [0.1, 0.15) is 0 Å². The molecule has 0 radical (unpaired) electrons. The van der Waals surface area contributed by atoms with Crippen LogP contribution in [0.4, 0.5) is 0 Å². The Morgan fingerprint density at radius 3 is 2.70 bits per heavy atom. The van der Waals surface area contributed by atoms with Crippen LogP contribution in [-0.4, -0.2) is 35.5 Å². The molecule has 1 aromatic rings. The average molecular weight is 275 g/mol. The molecule has 0 saturated heterocycles. The SMILES string of the molecule is Cc1ccccc1[C@H]1C[C@@H]1C(=O)N(C)CCCC(=O)O. The van der Waals surface area contributed by atoms with E-state index in [4.69, 9.17) is 5.11 Å². The molecule has 0 bridgehead atoms. The third-order valence-corrected chi connectivity index (χ3v) is 3.96. The summed E-state index contributed by atoms with van der Waals surface area (Å²) in [6.45, 7) is 2.59. The zero-order valence-electron chi connectivity index (χ0n) is 12.0. The number of nitrogens with zero attached hydrogens (tertiary/aromatic N) is 1. The van der Waals surface area contributed by atoms with Gasteiger partial charge in [0.05, 0.1) is 0 Å². The van der Waals surface area contributed by atoms with Crippen LogP contribution in [0.1, 0.15) is 36.3 Å². The highest BCUT2D eigenvalue weighted by Crippen LogP contribution is 2.49. The molecule has 2 atom stereocenters. The van der Waals surface area contributed by atoms with Gasteiger partial charge in [-0.15, -0.1) is 0 Å². The van der Waals surface area contributed by atoms with Gasteiger partial charge in [-0.2, -0.15) is 0 Å². The molecule has 4 nitrogen and oxygen atoms in total. The van der Waals surface area contributed by atoms with E-state index < -0.39 is 5.97 Å². The lowest BCUT2D eigenvalue weighted by molar-refractivity contribution is -0.138. The molecule has 1 aromatic carbocycles. The summed E-state index contributed by atoms with van der Waals surface area (Å²) in [7, 11) is 1.76. The van der Waals surface area contributed by atoms with Gasteiger partial charge in [-0.3, -0.25) is 9.59 Å². The Bertz CT molecular complexity index is 512. The highest BCUT2D eigenvalue weighted by molar-refractivity contribution is 5.83. The van der Waals surface area contributed by atoms with Crippen LogP contribution in [-0.2, 0) is 9.59 Å². The number of rotatable bonds is 6. The molecule has 20 heavy (non-hydrogen) atoms. The quantitative estimate of drug-likeness (QED) is 0.867. The van der Waals surface area contributed by atoms with E-state index in [9.17, 15) is 9.59 Å². The predicted octanol–water partition coefficient (Wildman–Crippen LogP) is 2.42. The fourth-order valence-electron chi connectivity index (χ4n) is 2.68. The smallest absolute Gasteiger partial charge is 0.303 e. The van der Waals surface area contributed by atoms with Crippen molar-refractivity contribution >= 4 is 11.9 Å². The minimum Gasteiger partial charge on any atom is -0.481 e. The number of carboxylic acids is 1. The minimum absolute atomic E-state index is 0.0749. The van der Waals surface area contributed by atoms with Crippen LogP contribution in [0.2, 0.25) is 0 Å². The van der Waals surface area contributed by atoms with Crippen LogP contribution in [0.5, 0.6) is 0 Å². The molecule has 1 N–H and O–H groups in total. The number of hydrogen-bond donors (Lipinski definition) is 1. The van der Waals surface area contributed by atoms with E-state index in [-0.39, 0.29) is 18.2 Å². The maximum atomic E-state index is 12.3. The van der Waals surface area contributed by atoms with Crippen molar-refractivity contribution in [1.82, 2.24) is 4.90 Å². The largest absolute Gasteiger partial charge is 0.481 e. The number of hydrogen-bond acceptors (Lipinski definition) is 2. The first kappa shape index (κ1) is 14.6. The van der Waals surface area contributed by atoms with Gasteiger partial charge in [-0.1, -0.05) is 24.3 Å². The zero-order valence-corrected chi connectivity index (χ0v) is 12.0. The second-order valence-electron chi connectivity index (χ2n) is 5.56. The average Bonchev–Trinajstić information content (AvgIpc) is 3.18. The van der Waals surface area contributed by atoms with Crippen molar-refractivity contribution in [2.24, 2.45) is 5.92 Å². The first-order valence-electron chi connectivity index (χ1n) is 7.03. The molecule has 108 valence electrons. The Morgan fingerprint density at radius 1 is 1.35 bits per heavy atom. The van der Waals surface area contributed by atoms with E-state index in [2.05, 4.69) is 19.1 Å². The van der Waals surface area contributed by atoms with Gasteiger partial charge in [0.2, 0.25) is 5.91 Å². The maximum absolute atomic E-state index is 12.3. The molecule has 1 aliphatic carbocycles. The standard InChI is InChI=1S/C16H21NO3/c1-11-6-3-4-7-12(11)13-10-14(13)16(20)17(2)9-5-8-15(18)19/h3-4,6-7,13-14H,5,8-10H2,1-2H3,(H,18,19)/t13-,14+/m1/s1. The Labute approximate surface area is 119 Å². The Morgan fingerprint density at radius 2 is 2.05 bits per heavy atom. The third kappa shape index (κ3) is 3.38. The van der Waals surface area contributed by atoms with E-state index in [1.54, 1.807) is 11.9 Å². The third-order valence-electron chi connectivity index (χ3n) is 3.96. The molecule has 0 aromatic heterocycles. The van der Waals surface area contributed by atoms with Crippen molar-refractivity contribution in [2.45, 2.75) is 32.1 Å². The number of amides is 1. The topological polar surface area (TPSA) is 57.6 Å². The fraction of sp³-hybridized carbons (Fsp3) is 0.500. The highest BCUT2D eigenvalue weighted by Gasteiger charge is 2.45. The number of carbonyl (C=O) groups excluding carboxylic acids is 1. The van der Waals surface area contributed by atoms with Gasteiger partial charge in [-0.05, 0) is 36.8 Å². The summed E-state index contributed by atoms with van der Waals surface area (Å²) in [5, 5.41) is 8.60. The molecule has 0 aliphatic heterocycles. The van der Waals surface area contributed by atoms with Crippen molar-refractivity contribution in [2.75, 3.05) is 13.6 Å². The lowest BCUT2D eigenvalue weighted by atomic mass is 10.0. The Balaban J connectivity index is 1.86. The number of aryl methyl sites for hydroxylation is 1. The first-order valence-corrected chi connectivity index (χ1v) is 7.03. The van der Waals surface area contributed by atoms with Gasteiger partial charge in [0.15, 0.2) is 0 Å². The van der Waals surface area contributed by atoms with Crippen molar-refractivity contribution in [3.63, 3.8) is 0 Å². The van der Waals surface area contributed by atoms with Crippen molar-refractivity contribution in [3.05, 3.63) is 35.4 Å². The van der Waals surface area contributed by atoms with Gasteiger partial charge in [0, 0.05) is 25.9 Å². The van der Waals surface area contributed by atoms with E-state index >= 15 is 0 Å². The summed E-state index contributed by atoms with van der Waals surface area (Å²) in [5.41, 5.74) is 2.51. The van der Waals surface area contributed by atoms with Crippen molar-refractivity contribution < 1.29 is 14.7 Å². The molecule has 0 spiro atoms. The number of aliphatic carboxylic acids is 1. The van der Waals surface area contributed by atoms with Gasteiger partial charge in [-0.25, -0.2) is 0 Å². The molecule has 1 aliphatic rings. The summed E-state index contributed by atoms with van der Waals surface area (Å²) in [5.74, 6) is -0.254. The lowest BCUT2D eigenvalue weighted by Crippen LogP contribution is -2.29. The normalized spacial score (nSPS) is 20.5. The van der Waals surface area contributed by atoms with Crippen LogP contribution in [0.25, 0.3) is 0 Å². The Hall–Kier alpha value is -1.84. The number of carbonyl (C=O) groups is 2. The molecule has 4 heteroatoms. The van der Waals surface area contributed by atoms with Crippen LogP contribution in [0.15, 0.2) is 24.3 Å². The first-order chi connectivity index (χ1) is 9.50. The second kappa shape index (κ2) is 6.07. The summed E-state index contributed by atoms with van der Waals surface area (Å²) in [6.07, 6.45) is 1.54. The zero-order chi connectivity index (χ0) is 14.7. The van der Waals surface area contributed by atoms with E-state index in [1.807, 2.05) is 12.1 Å². The minimum atomic E-state index is -0.810. The van der Waals surface area contributed by atoms with E-state index in [0.717, 1.165) is 6.42 Å². The van der Waals surface area contributed by atoms with Gasteiger partial charge in [0.25, 0.3) is 0 Å². The molecule has 2 rings (SSSR count).